The van der Waals surface area contributed by atoms with Gasteiger partial charge in [0.15, 0.2) is 0 Å². The zero-order valence-electron chi connectivity index (χ0n) is 12.9. The van der Waals surface area contributed by atoms with Crippen LogP contribution in [0.5, 0.6) is 5.75 Å². The molecule has 124 valence electrons. The number of ether oxygens (including phenoxy) is 2. The van der Waals surface area contributed by atoms with Crippen LogP contribution in [0, 0.1) is 11.8 Å². The minimum Gasteiger partial charge on any atom is -0.492 e. The van der Waals surface area contributed by atoms with Crippen molar-refractivity contribution < 1.29 is 24.2 Å². The van der Waals surface area contributed by atoms with Gasteiger partial charge >= 0.3 is 5.97 Å². The van der Waals surface area contributed by atoms with E-state index in [1.165, 1.54) is 0 Å². The van der Waals surface area contributed by atoms with E-state index in [1.807, 2.05) is 24.3 Å². The van der Waals surface area contributed by atoms with Crippen LogP contribution in [-0.4, -0.2) is 42.8 Å². The molecule has 1 aromatic carbocycles. The highest BCUT2D eigenvalue weighted by Gasteiger charge is 2.34. The third-order valence-corrected chi connectivity index (χ3v) is 4.48. The first-order valence-corrected chi connectivity index (χ1v) is 7.97. The van der Waals surface area contributed by atoms with Gasteiger partial charge in [0.25, 0.3) is 0 Å². The first-order valence-electron chi connectivity index (χ1n) is 7.97. The minimum absolute atomic E-state index is 0.179. The molecule has 0 aromatic heterocycles. The zero-order chi connectivity index (χ0) is 16.2. The quantitative estimate of drug-likeness (QED) is 0.872. The average Bonchev–Trinajstić information content (AvgIpc) is 2.59. The van der Waals surface area contributed by atoms with Crippen molar-refractivity contribution in [1.82, 2.24) is 5.32 Å². The Kier molecular flexibility index (Phi) is 4.81. The Morgan fingerprint density at radius 1 is 1.26 bits per heavy atom. The largest absolute Gasteiger partial charge is 0.492 e. The van der Waals surface area contributed by atoms with Crippen molar-refractivity contribution in [3.63, 3.8) is 0 Å². The summed E-state index contributed by atoms with van der Waals surface area (Å²) in [6.07, 6.45) is 2.14. The van der Waals surface area contributed by atoms with Crippen molar-refractivity contribution in [3.05, 3.63) is 29.8 Å². The van der Waals surface area contributed by atoms with Crippen LogP contribution in [0.3, 0.4) is 0 Å². The molecule has 3 unspecified atom stereocenters. The van der Waals surface area contributed by atoms with Gasteiger partial charge in [0.1, 0.15) is 18.4 Å². The molecule has 1 aromatic rings. The number of carboxylic acid groups (broad SMARTS) is 1. The lowest BCUT2D eigenvalue weighted by atomic mass is 9.91. The number of fused-ring (bicyclic) bond motifs is 1. The van der Waals surface area contributed by atoms with E-state index in [-0.39, 0.29) is 24.3 Å². The molecule has 2 aliphatic heterocycles. The molecule has 1 fully saturated rings. The molecule has 6 nitrogen and oxygen atoms in total. The van der Waals surface area contributed by atoms with E-state index in [1.54, 1.807) is 0 Å². The number of nitrogens with one attached hydrogen (secondary N) is 1. The van der Waals surface area contributed by atoms with Crippen molar-refractivity contribution in [2.75, 3.05) is 19.8 Å². The maximum Gasteiger partial charge on any atom is 0.326 e. The number of hydrogen-bond donors (Lipinski definition) is 2. The number of aliphatic carboxylic acids is 1. The van der Waals surface area contributed by atoms with Gasteiger partial charge in [-0.3, -0.25) is 4.79 Å². The van der Waals surface area contributed by atoms with Crippen LogP contribution in [0.2, 0.25) is 0 Å². The van der Waals surface area contributed by atoms with E-state index >= 15 is 0 Å². The number of carbonyl (C=O) groups is 2. The highest BCUT2D eigenvalue weighted by molar-refractivity contribution is 5.85. The Labute approximate surface area is 134 Å². The Balaban J connectivity index is 1.64. The summed E-state index contributed by atoms with van der Waals surface area (Å²) in [7, 11) is 0. The lowest BCUT2D eigenvalue weighted by Crippen LogP contribution is -2.51. The van der Waals surface area contributed by atoms with Gasteiger partial charge < -0.3 is 19.9 Å². The fourth-order valence-corrected chi connectivity index (χ4v) is 3.18. The minimum atomic E-state index is -1.01. The predicted octanol–water partition coefficient (Wildman–Crippen LogP) is 1.23. The van der Waals surface area contributed by atoms with Crippen LogP contribution in [0.25, 0.3) is 0 Å². The lowest BCUT2D eigenvalue weighted by Gasteiger charge is -2.30. The third kappa shape index (κ3) is 3.64. The molecule has 2 aliphatic rings. The molecule has 6 heteroatoms. The molecule has 2 heterocycles. The second kappa shape index (κ2) is 7.00. The Morgan fingerprint density at radius 2 is 2.09 bits per heavy atom. The van der Waals surface area contributed by atoms with Crippen LogP contribution >= 0.6 is 0 Å². The van der Waals surface area contributed by atoms with Gasteiger partial charge in [0.2, 0.25) is 5.91 Å². The van der Waals surface area contributed by atoms with E-state index in [0.717, 1.165) is 24.2 Å². The van der Waals surface area contributed by atoms with Gasteiger partial charge in [-0.1, -0.05) is 18.2 Å². The molecule has 1 amide bonds. The molecule has 0 bridgehead atoms. The van der Waals surface area contributed by atoms with E-state index in [0.29, 0.717) is 19.6 Å². The van der Waals surface area contributed by atoms with Crippen molar-refractivity contribution >= 4 is 11.9 Å². The van der Waals surface area contributed by atoms with Gasteiger partial charge in [-0.25, -0.2) is 4.79 Å². The summed E-state index contributed by atoms with van der Waals surface area (Å²) in [4.78, 5) is 24.0. The van der Waals surface area contributed by atoms with E-state index < -0.39 is 12.0 Å². The van der Waals surface area contributed by atoms with Crippen LogP contribution in [0.1, 0.15) is 18.4 Å². The maximum atomic E-state index is 12.5. The normalized spacial score (nSPS) is 24.9. The Bertz CT molecular complexity index is 582. The number of carbonyl (C=O) groups excluding carboxylic acids is 1. The first kappa shape index (κ1) is 15.8. The Morgan fingerprint density at radius 3 is 2.83 bits per heavy atom. The van der Waals surface area contributed by atoms with Crippen LogP contribution in [0.4, 0.5) is 0 Å². The monoisotopic (exact) mass is 319 g/mol. The average molecular weight is 319 g/mol. The molecule has 3 atom stereocenters. The summed E-state index contributed by atoms with van der Waals surface area (Å²) in [6, 6.07) is 6.70. The number of rotatable bonds is 4. The predicted molar refractivity (Wildman–Crippen MR) is 82.2 cm³/mol. The molecule has 0 radical (unpaired) electrons. The van der Waals surface area contributed by atoms with E-state index in [9.17, 15) is 14.7 Å². The number of carboxylic acids is 1. The number of benzene rings is 1. The molecule has 2 N–H and O–H groups in total. The van der Waals surface area contributed by atoms with Crippen molar-refractivity contribution in [2.24, 2.45) is 11.8 Å². The number of para-hydroxylation sites is 1. The van der Waals surface area contributed by atoms with Crippen molar-refractivity contribution in [2.45, 2.75) is 25.3 Å². The second-order valence-corrected chi connectivity index (χ2v) is 6.12. The fourth-order valence-electron chi connectivity index (χ4n) is 3.18. The van der Waals surface area contributed by atoms with Crippen LogP contribution < -0.4 is 10.1 Å². The zero-order valence-corrected chi connectivity index (χ0v) is 12.9. The molecule has 0 saturated carbocycles. The molecule has 0 aliphatic carbocycles. The highest BCUT2D eigenvalue weighted by atomic mass is 16.5. The molecule has 0 spiro atoms. The maximum absolute atomic E-state index is 12.5. The topological polar surface area (TPSA) is 84.9 Å². The van der Waals surface area contributed by atoms with Crippen molar-refractivity contribution in [3.8, 4) is 5.75 Å². The molecular weight excluding hydrogens is 298 g/mol. The summed E-state index contributed by atoms with van der Waals surface area (Å²) in [5.74, 6) is -1.02. The van der Waals surface area contributed by atoms with Gasteiger partial charge in [0, 0.05) is 12.5 Å². The first-order chi connectivity index (χ1) is 11.1. The van der Waals surface area contributed by atoms with Gasteiger partial charge in [0.05, 0.1) is 12.5 Å². The number of amides is 1. The SMILES string of the molecule is O=C(NC(C(=O)O)C1CCCOC1)C1COc2ccccc2C1. The summed E-state index contributed by atoms with van der Waals surface area (Å²) in [5, 5.41) is 12.1. The fraction of sp³-hybridized carbons (Fsp3) is 0.529. The summed E-state index contributed by atoms with van der Waals surface area (Å²) < 4.78 is 11.0. The van der Waals surface area contributed by atoms with Gasteiger partial charge in [-0.15, -0.1) is 0 Å². The summed E-state index contributed by atoms with van der Waals surface area (Å²) >= 11 is 0. The van der Waals surface area contributed by atoms with Gasteiger partial charge in [-0.05, 0) is 30.9 Å². The molecule has 1 saturated heterocycles. The molecular formula is C17H21NO5. The second-order valence-electron chi connectivity index (χ2n) is 6.12. The van der Waals surface area contributed by atoms with Crippen LogP contribution in [-0.2, 0) is 20.7 Å². The smallest absolute Gasteiger partial charge is 0.326 e. The highest BCUT2D eigenvalue weighted by Crippen LogP contribution is 2.27. The summed E-state index contributed by atoms with van der Waals surface area (Å²) in [5.41, 5.74) is 0.978. The third-order valence-electron chi connectivity index (χ3n) is 4.48. The van der Waals surface area contributed by atoms with E-state index in [2.05, 4.69) is 5.32 Å². The Hall–Kier alpha value is -2.08. The molecule has 23 heavy (non-hydrogen) atoms. The van der Waals surface area contributed by atoms with Crippen LogP contribution in [0.15, 0.2) is 24.3 Å². The van der Waals surface area contributed by atoms with Gasteiger partial charge in [-0.2, -0.15) is 0 Å². The van der Waals surface area contributed by atoms with Crippen molar-refractivity contribution in [1.29, 1.82) is 0 Å². The number of hydrogen-bond acceptors (Lipinski definition) is 4. The lowest BCUT2D eigenvalue weighted by molar-refractivity contribution is -0.146. The summed E-state index contributed by atoms with van der Waals surface area (Å²) in [6.45, 7) is 1.31. The molecule has 3 rings (SSSR count). The van der Waals surface area contributed by atoms with E-state index in [4.69, 9.17) is 9.47 Å². The standard InChI is InChI=1S/C17H21NO5/c19-16(13-8-11-4-1-2-6-14(11)23-10-13)18-15(17(20)21)12-5-3-7-22-9-12/h1-2,4,6,12-13,15H,3,5,7-10H2,(H,18,19)(H,20,21).